The van der Waals surface area contributed by atoms with Crippen molar-refractivity contribution < 1.29 is 54.5 Å². The highest BCUT2D eigenvalue weighted by molar-refractivity contribution is 5.76. The number of hydrogen-bond acceptors (Lipinski definition) is 11. The zero-order chi connectivity index (χ0) is 46.9. The van der Waals surface area contributed by atoms with Crippen LogP contribution in [0.3, 0.4) is 0 Å². The molecule has 13 nitrogen and oxygen atoms in total. The van der Waals surface area contributed by atoms with Gasteiger partial charge < -0.3 is 45.1 Å². The third kappa shape index (κ3) is 32.2. The smallest absolute Gasteiger partial charge is 0.431 e. The summed E-state index contributed by atoms with van der Waals surface area (Å²) in [7, 11) is 0. The molecule has 1 aliphatic rings. The van der Waals surface area contributed by atoms with Gasteiger partial charge in [-0.15, -0.1) is 0 Å². The Kier molecular flexibility index (Phi) is 40.4. The van der Waals surface area contributed by atoms with Crippen molar-refractivity contribution in [3.8, 4) is 0 Å². The van der Waals surface area contributed by atoms with Gasteiger partial charge in [-0.05, 0) is 12.8 Å². The molecule has 1 aliphatic heterocycles. The van der Waals surface area contributed by atoms with E-state index in [1.165, 1.54) is 179 Å². The van der Waals surface area contributed by atoms with Crippen molar-refractivity contribution >= 4 is 12.0 Å². The molecule has 1 fully saturated rings. The summed E-state index contributed by atoms with van der Waals surface area (Å²) in [5.41, 5.74) is 1.29. The Bertz CT molecular complexity index is 1060. The number of rotatable bonds is 45. The molecule has 0 aromatic carbocycles. The summed E-state index contributed by atoms with van der Waals surface area (Å²) < 4.78 is 16.1. The monoisotopic (exact) mass is 917 g/mol. The lowest BCUT2D eigenvalue weighted by atomic mass is 9.98. The highest BCUT2D eigenvalue weighted by Gasteiger charge is 2.45. The number of carbonyl (C=O) groups excluding carboxylic acids is 2. The maximum absolute atomic E-state index is 13.1. The Morgan fingerprint density at radius 3 is 1.30 bits per heavy atom. The van der Waals surface area contributed by atoms with E-state index in [4.69, 9.17) is 19.4 Å². The molecule has 1 saturated heterocycles. The number of aliphatic hydroxyl groups is 5. The predicted molar refractivity (Wildman–Crippen MR) is 255 cm³/mol. The van der Waals surface area contributed by atoms with E-state index in [9.17, 15) is 35.1 Å². The summed E-state index contributed by atoms with van der Waals surface area (Å²) in [5.74, 6) is -0.296. The molecule has 13 heteroatoms. The number of carbonyl (C=O) groups is 2. The van der Waals surface area contributed by atoms with Crippen molar-refractivity contribution in [3.63, 3.8) is 0 Å². The van der Waals surface area contributed by atoms with Gasteiger partial charge in [-0.2, -0.15) is 0 Å². The summed E-state index contributed by atoms with van der Waals surface area (Å²) >= 11 is 0. The SMILES string of the molecule is CCCCCCCCCCCCCCCCCCCCCCCCCC(=O)N[C@@H](CO[C@H]1O[C@H](COC(=O)NO)[C@H](O)[C@H](O)[C@H]1O)[C@H](O)[C@H](O)CCCCCCCCCCCCCC. The number of aliphatic hydroxyl groups excluding tert-OH is 5. The van der Waals surface area contributed by atoms with Crippen molar-refractivity contribution in [1.82, 2.24) is 10.8 Å². The lowest BCUT2D eigenvalue weighted by Crippen LogP contribution is -2.60. The molecule has 0 spiro atoms. The molecule has 0 aromatic rings. The van der Waals surface area contributed by atoms with E-state index in [0.717, 1.165) is 38.5 Å². The molecule has 0 aromatic heterocycles. The zero-order valence-corrected chi connectivity index (χ0v) is 40.9. The van der Waals surface area contributed by atoms with E-state index in [1.807, 2.05) is 0 Å². The van der Waals surface area contributed by atoms with Crippen LogP contribution in [0.2, 0.25) is 0 Å². The Balaban J connectivity index is 2.38. The molecule has 1 rings (SSSR count). The highest BCUT2D eigenvalue weighted by atomic mass is 16.7. The largest absolute Gasteiger partial charge is 0.445 e. The molecule has 1 heterocycles. The van der Waals surface area contributed by atoms with Crippen molar-refractivity contribution in [2.24, 2.45) is 0 Å². The maximum Gasteiger partial charge on any atom is 0.431 e. The van der Waals surface area contributed by atoms with Crippen molar-refractivity contribution in [3.05, 3.63) is 0 Å². The van der Waals surface area contributed by atoms with Gasteiger partial charge in [0.25, 0.3) is 0 Å². The standard InChI is InChI=1S/C51H100N2O11/c1-3-5-7-9-11-13-15-17-18-19-20-21-22-23-24-25-26-27-29-31-33-35-37-39-45(55)52-42(40-62-50-49(59)48(58)47(57)44(64-50)41-63-51(60)53-61)46(56)43(54)38-36-34-32-30-28-16-14-12-10-8-6-4-2/h42-44,46-50,54,56-59,61H,3-41H2,1-2H3,(H,52,55)(H,53,60)/t42-,43+,44+,46-,47-,48-,49+,50-/m0/s1. The lowest BCUT2D eigenvalue weighted by Gasteiger charge is -2.40. The Hall–Kier alpha value is -1.58. The van der Waals surface area contributed by atoms with Crippen LogP contribution in [0.4, 0.5) is 4.79 Å². The zero-order valence-electron chi connectivity index (χ0n) is 40.9. The molecule has 8 N–H and O–H groups in total. The summed E-state index contributed by atoms with van der Waals surface area (Å²) in [6.45, 7) is 3.56. The van der Waals surface area contributed by atoms with Gasteiger partial charge in [0.1, 0.15) is 37.1 Å². The van der Waals surface area contributed by atoms with Gasteiger partial charge in [0.2, 0.25) is 5.91 Å². The second kappa shape index (κ2) is 42.8. The number of hydroxylamine groups is 1. The molecule has 2 amide bonds. The number of nitrogens with one attached hydrogen (secondary N) is 2. The van der Waals surface area contributed by atoms with E-state index in [-0.39, 0.29) is 18.9 Å². The molecule has 0 aliphatic carbocycles. The molecule has 8 atom stereocenters. The molecule has 0 bridgehead atoms. The minimum absolute atomic E-state index is 0.247. The van der Waals surface area contributed by atoms with Crippen LogP contribution in [0, 0.1) is 0 Å². The molecule has 64 heavy (non-hydrogen) atoms. The summed E-state index contributed by atoms with van der Waals surface area (Å²) in [6, 6.07) is -1.06. The van der Waals surface area contributed by atoms with Crippen LogP contribution in [0.25, 0.3) is 0 Å². The Morgan fingerprint density at radius 2 is 0.906 bits per heavy atom. The van der Waals surface area contributed by atoms with Gasteiger partial charge in [0, 0.05) is 6.42 Å². The molecular weight excluding hydrogens is 817 g/mol. The van der Waals surface area contributed by atoms with E-state index in [1.54, 1.807) is 0 Å². The molecule has 380 valence electrons. The van der Waals surface area contributed by atoms with Gasteiger partial charge >= 0.3 is 6.09 Å². The summed E-state index contributed by atoms with van der Waals surface area (Å²) in [6.07, 6.45) is 32.8. The van der Waals surface area contributed by atoms with Crippen molar-refractivity contribution in [1.29, 1.82) is 0 Å². The predicted octanol–water partition coefficient (Wildman–Crippen LogP) is 10.6. The van der Waals surface area contributed by atoms with Gasteiger partial charge in [0.15, 0.2) is 6.29 Å². The average Bonchev–Trinajstić information content (AvgIpc) is 3.29. The van der Waals surface area contributed by atoms with Crippen LogP contribution >= 0.6 is 0 Å². The lowest BCUT2D eigenvalue weighted by molar-refractivity contribution is -0.303. The molecule has 0 saturated carbocycles. The fourth-order valence-corrected chi connectivity index (χ4v) is 8.79. The third-order valence-electron chi connectivity index (χ3n) is 13.1. The third-order valence-corrected chi connectivity index (χ3v) is 13.1. The first-order valence-electron chi connectivity index (χ1n) is 26.7. The number of ether oxygens (including phenoxy) is 3. The molecule has 0 radical (unpaired) electrons. The van der Waals surface area contributed by atoms with Crippen LogP contribution < -0.4 is 10.8 Å². The van der Waals surface area contributed by atoms with Crippen LogP contribution in [0.5, 0.6) is 0 Å². The first-order valence-corrected chi connectivity index (χ1v) is 26.7. The minimum atomic E-state index is -1.72. The normalized spacial score (nSPS) is 20.2. The fraction of sp³-hybridized carbons (Fsp3) is 0.961. The fourth-order valence-electron chi connectivity index (χ4n) is 8.79. The van der Waals surface area contributed by atoms with Crippen LogP contribution in [-0.2, 0) is 19.0 Å². The van der Waals surface area contributed by atoms with Gasteiger partial charge in [-0.1, -0.05) is 232 Å². The van der Waals surface area contributed by atoms with Gasteiger partial charge in [0.05, 0.1) is 18.8 Å². The topological polar surface area (TPSA) is 207 Å². The van der Waals surface area contributed by atoms with E-state index in [2.05, 4.69) is 19.2 Å². The van der Waals surface area contributed by atoms with Crippen LogP contribution in [0.15, 0.2) is 0 Å². The number of hydrogen-bond donors (Lipinski definition) is 8. The van der Waals surface area contributed by atoms with Crippen LogP contribution in [0.1, 0.15) is 251 Å². The first kappa shape index (κ1) is 60.4. The van der Waals surface area contributed by atoms with E-state index in [0.29, 0.717) is 19.3 Å². The van der Waals surface area contributed by atoms with Gasteiger partial charge in [-0.25, -0.2) is 10.3 Å². The average molecular weight is 917 g/mol. The maximum atomic E-state index is 13.1. The van der Waals surface area contributed by atoms with Crippen molar-refractivity contribution in [2.45, 2.75) is 300 Å². The Morgan fingerprint density at radius 1 is 0.531 bits per heavy atom. The number of amides is 2. The van der Waals surface area contributed by atoms with Gasteiger partial charge in [-0.3, -0.25) is 10.0 Å². The second-order valence-corrected chi connectivity index (χ2v) is 19.0. The van der Waals surface area contributed by atoms with Crippen molar-refractivity contribution in [2.75, 3.05) is 13.2 Å². The quantitative estimate of drug-likeness (QED) is 0.0164. The second-order valence-electron chi connectivity index (χ2n) is 19.0. The van der Waals surface area contributed by atoms with Crippen LogP contribution in [-0.4, -0.2) is 105 Å². The summed E-state index contributed by atoms with van der Waals surface area (Å²) in [5, 5.41) is 65.2. The summed E-state index contributed by atoms with van der Waals surface area (Å²) in [4.78, 5) is 24.5. The minimum Gasteiger partial charge on any atom is -0.445 e. The Labute approximate surface area is 389 Å². The first-order chi connectivity index (χ1) is 31.2. The number of unbranched alkanes of at least 4 members (excludes halogenated alkanes) is 33. The molecule has 0 unspecified atom stereocenters. The van der Waals surface area contributed by atoms with E-state index >= 15 is 0 Å². The highest BCUT2D eigenvalue weighted by Crippen LogP contribution is 2.24. The molecular formula is C51H100N2O11. The van der Waals surface area contributed by atoms with E-state index < -0.39 is 61.7 Å².